The van der Waals surface area contributed by atoms with Crippen molar-refractivity contribution in [2.75, 3.05) is 12.8 Å². The fraction of sp³-hybridized carbons (Fsp3) is 0.333. The van der Waals surface area contributed by atoms with Crippen molar-refractivity contribution in [2.45, 2.75) is 13.8 Å². The van der Waals surface area contributed by atoms with Crippen LogP contribution in [0.15, 0.2) is 12.3 Å². The summed E-state index contributed by atoms with van der Waals surface area (Å²) >= 11 is 5.54. The summed E-state index contributed by atoms with van der Waals surface area (Å²) in [5, 5.41) is 0.213. The van der Waals surface area contributed by atoms with Crippen molar-refractivity contribution in [2.24, 2.45) is 0 Å². The number of halogens is 1. The van der Waals surface area contributed by atoms with Crippen LogP contribution in [-0.2, 0) is 4.74 Å². The van der Waals surface area contributed by atoms with Crippen molar-refractivity contribution in [1.82, 2.24) is 4.98 Å². The molecule has 0 atom stereocenters. The highest BCUT2D eigenvalue weighted by molar-refractivity contribution is 6.29. The molecule has 5 heteroatoms. The molecule has 0 fully saturated rings. The Morgan fingerprint density at radius 2 is 2.14 bits per heavy atom. The van der Waals surface area contributed by atoms with Gasteiger partial charge >= 0.3 is 5.97 Å². The molecule has 0 bridgehead atoms. The van der Waals surface area contributed by atoms with Crippen LogP contribution in [0.1, 0.15) is 24.2 Å². The lowest BCUT2D eigenvalue weighted by atomic mass is 10.2. The standard InChI is InChI=1S/C7H7ClN2O2.C2H6/c1-12-7(11)4-2-6(8)10-3-5(4)9;1-2/h2-3H,9H2,1H3;1-2H3. The van der Waals surface area contributed by atoms with Gasteiger partial charge < -0.3 is 10.5 Å². The molecule has 14 heavy (non-hydrogen) atoms. The minimum Gasteiger partial charge on any atom is -0.465 e. The van der Waals surface area contributed by atoms with E-state index in [0.717, 1.165) is 0 Å². The van der Waals surface area contributed by atoms with E-state index in [2.05, 4.69) is 9.72 Å². The van der Waals surface area contributed by atoms with Gasteiger partial charge in [0.1, 0.15) is 5.15 Å². The molecule has 0 amide bonds. The Balaban J connectivity index is 0.000000791. The highest BCUT2D eigenvalue weighted by Gasteiger charge is 2.10. The molecule has 1 heterocycles. The zero-order valence-corrected chi connectivity index (χ0v) is 9.13. The zero-order chi connectivity index (χ0) is 11.1. The highest BCUT2D eigenvalue weighted by Crippen LogP contribution is 2.15. The SMILES string of the molecule is CC.COC(=O)c1cc(Cl)ncc1N. The van der Waals surface area contributed by atoms with Gasteiger partial charge in [-0.05, 0) is 6.07 Å². The van der Waals surface area contributed by atoms with Crippen LogP contribution >= 0.6 is 11.6 Å². The summed E-state index contributed by atoms with van der Waals surface area (Å²) in [5.74, 6) is -0.517. The van der Waals surface area contributed by atoms with Gasteiger partial charge in [0, 0.05) is 0 Å². The van der Waals surface area contributed by atoms with Crippen LogP contribution in [0.25, 0.3) is 0 Å². The van der Waals surface area contributed by atoms with Crippen LogP contribution in [0.3, 0.4) is 0 Å². The van der Waals surface area contributed by atoms with Crippen molar-refractivity contribution in [3.63, 3.8) is 0 Å². The van der Waals surface area contributed by atoms with E-state index in [9.17, 15) is 4.79 Å². The smallest absolute Gasteiger partial charge is 0.340 e. The van der Waals surface area contributed by atoms with E-state index >= 15 is 0 Å². The van der Waals surface area contributed by atoms with Gasteiger partial charge in [0.05, 0.1) is 24.6 Å². The average molecular weight is 217 g/mol. The second-order valence-electron chi connectivity index (χ2n) is 2.09. The maximum absolute atomic E-state index is 11.0. The normalized spacial score (nSPS) is 8.57. The molecule has 78 valence electrons. The molecule has 1 aromatic heterocycles. The highest BCUT2D eigenvalue weighted by atomic mass is 35.5. The third kappa shape index (κ3) is 3.22. The third-order valence-corrected chi connectivity index (χ3v) is 1.51. The van der Waals surface area contributed by atoms with Gasteiger partial charge in [0.2, 0.25) is 0 Å². The largest absolute Gasteiger partial charge is 0.465 e. The molecule has 1 aromatic rings. The summed E-state index contributed by atoms with van der Waals surface area (Å²) in [5.41, 5.74) is 5.93. The van der Waals surface area contributed by atoms with Gasteiger partial charge in [-0.3, -0.25) is 0 Å². The number of carbonyl (C=O) groups excluding carboxylic acids is 1. The van der Waals surface area contributed by atoms with Crippen LogP contribution in [0, 0.1) is 0 Å². The lowest BCUT2D eigenvalue weighted by molar-refractivity contribution is 0.0602. The fourth-order valence-corrected chi connectivity index (χ4v) is 0.885. The molecule has 0 unspecified atom stereocenters. The number of ether oxygens (including phenoxy) is 1. The number of nitrogens with zero attached hydrogens (tertiary/aromatic N) is 1. The summed E-state index contributed by atoms with van der Waals surface area (Å²) < 4.78 is 4.47. The lowest BCUT2D eigenvalue weighted by Crippen LogP contribution is -2.05. The van der Waals surface area contributed by atoms with Crippen molar-refractivity contribution < 1.29 is 9.53 Å². The first-order valence-corrected chi connectivity index (χ1v) is 4.52. The Kier molecular flexibility index (Phi) is 5.64. The van der Waals surface area contributed by atoms with E-state index in [1.54, 1.807) is 0 Å². The molecular formula is C9H13ClN2O2. The fourth-order valence-electron chi connectivity index (χ4n) is 0.727. The number of hydrogen-bond acceptors (Lipinski definition) is 4. The van der Waals surface area contributed by atoms with Gasteiger partial charge in [-0.25, -0.2) is 9.78 Å². The molecule has 0 spiro atoms. The van der Waals surface area contributed by atoms with Gasteiger partial charge in [0.15, 0.2) is 0 Å². The summed E-state index contributed by atoms with van der Waals surface area (Å²) in [6.07, 6.45) is 1.31. The molecule has 0 saturated heterocycles. The Bertz CT molecular complexity index is 316. The van der Waals surface area contributed by atoms with Crippen molar-refractivity contribution >= 4 is 23.3 Å². The Hall–Kier alpha value is -1.29. The number of nitrogens with two attached hydrogens (primary N) is 1. The number of nitrogen functional groups attached to an aromatic ring is 1. The van der Waals surface area contributed by atoms with E-state index in [0.29, 0.717) is 0 Å². The van der Waals surface area contributed by atoms with Crippen LogP contribution < -0.4 is 5.73 Å². The summed E-state index contributed by atoms with van der Waals surface area (Å²) in [7, 11) is 1.27. The quantitative estimate of drug-likeness (QED) is 0.577. The van der Waals surface area contributed by atoms with E-state index in [4.69, 9.17) is 17.3 Å². The van der Waals surface area contributed by atoms with Gasteiger partial charge in [-0.15, -0.1) is 0 Å². The Labute approximate surface area is 88.0 Å². The molecule has 0 saturated carbocycles. The number of anilines is 1. The second kappa shape index (κ2) is 6.21. The minimum absolute atomic E-state index is 0.213. The number of aromatic nitrogens is 1. The third-order valence-electron chi connectivity index (χ3n) is 1.31. The molecule has 1 rings (SSSR count). The first-order valence-electron chi connectivity index (χ1n) is 4.14. The van der Waals surface area contributed by atoms with Crippen LogP contribution in [0.4, 0.5) is 5.69 Å². The number of methoxy groups -OCH3 is 1. The van der Waals surface area contributed by atoms with E-state index in [-0.39, 0.29) is 16.4 Å². The van der Waals surface area contributed by atoms with Crippen LogP contribution in [0.2, 0.25) is 5.15 Å². The predicted octanol–water partition coefficient (Wildman–Crippen LogP) is 2.13. The molecule has 4 nitrogen and oxygen atoms in total. The topological polar surface area (TPSA) is 65.2 Å². The summed E-state index contributed by atoms with van der Waals surface area (Å²) in [6, 6.07) is 1.36. The molecule has 0 aliphatic heterocycles. The van der Waals surface area contributed by atoms with Crippen LogP contribution in [-0.4, -0.2) is 18.1 Å². The molecule has 0 aliphatic carbocycles. The number of pyridine rings is 1. The maximum atomic E-state index is 11.0. The second-order valence-corrected chi connectivity index (χ2v) is 2.47. The molecule has 0 radical (unpaired) electrons. The Morgan fingerprint density at radius 1 is 1.57 bits per heavy atom. The molecule has 0 aliphatic rings. The maximum Gasteiger partial charge on any atom is 0.340 e. The van der Waals surface area contributed by atoms with Crippen LogP contribution in [0.5, 0.6) is 0 Å². The summed E-state index contributed by atoms with van der Waals surface area (Å²) in [4.78, 5) is 14.7. The van der Waals surface area contributed by atoms with E-state index in [1.807, 2.05) is 13.8 Å². The monoisotopic (exact) mass is 216 g/mol. The molecule has 0 aromatic carbocycles. The number of carbonyl (C=O) groups is 1. The van der Waals surface area contributed by atoms with Crippen molar-refractivity contribution in [3.05, 3.63) is 23.0 Å². The average Bonchev–Trinajstić information content (AvgIpc) is 2.23. The Morgan fingerprint density at radius 3 is 2.64 bits per heavy atom. The van der Waals surface area contributed by atoms with Gasteiger partial charge in [0.25, 0.3) is 0 Å². The van der Waals surface area contributed by atoms with E-state index in [1.165, 1.54) is 19.4 Å². The van der Waals surface area contributed by atoms with Gasteiger partial charge in [-0.2, -0.15) is 0 Å². The van der Waals surface area contributed by atoms with Gasteiger partial charge in [-0.1, -0.05) is 25.4 Å². The first-order chi connectivity index (χ1) is 6.65. The molecular weight excluding hydrogens is 204 g/mol. The number of rotatable bonds is 1. The summed E-state index contributed by atoms with van der Waals surface area (Å²) in [6.45, 7) is 4.00. The predicted molar refractivity (Wildman–Crippen MR) is 56.3 cm³/mol. The first kappa shape index (κ1) is 12.7. The van der Waals surface area contributed by atoms with E-state index < -0.39 is 5.97 Å². The lowest BCUT2D eigenvalue weighted by Gasteiger charge is -2.01. The number of hydrogen-bond donors (Lipinski definition) is 1. The van der Waals surface area contributed by atoms with Crippen molar-refractivity contribution in [3.8, 4) is 0 Å². The van der Waals surface area contributed by atoms with Crippen molar-refractivity contribution in [1.29, 1.82) is 0 Å². The molecule has 2 N–H and O–H groups in total. The number of esters is 1. The minimum atomic E-state index is -0.517. The zero-order valence-electron chi connectivity index (χ0n) is 8.37.